The van der Waals surface area contributed by atoms with Gasteiger partial charge in [-0.15, -0.1) is 0 Å². The van der Waals surface area contributed by atoms with Crippen molar-refractivity contribution in [2.24, 2.45) is 0 Å². The first-order valence-corrected chi connectivity index (χ1v) is 10.7. The fourth-order valence-corrected chi connectivity index (χ4v) is 3.43. The smallest absolute Gasteiger partial charge is 0.261 e. The van der Waals surface area contributed by atoms with E-state index in [2.05, 4.69) is 16.0 Å². The van der Waals surface area contributed by atoms with Crippen LogP contribution in [0.4, 0.5) is 5.69 Å². The summed E-state index contributed by atoms with van der Waals surface area (Å²) in [7, 11) is 0. The van der Waals surface area contributed by atoms with Crippen LogP contribution in [-0.4, -0.2) is 42.3 Å². The van der Waals surface area contributed by atoms with Crippen LogP contribution in [0.1, 0.15) is 47.4 Å². The van der Waals surface area contributed by atoms with Gasteiger partial charge in [-0.25, -0.2) is 0 Å². The van der Waals surface area contributed by atoms with Gasteiger partial charge < -0.3 is 20.1 Å². The molecule has 1 aliphatic heterocycles. The minimum atomic E-state index is -0.394. The van der Waals surface area contributed by atoms with Gasteiger partial charge >= 0.3 is 0 Å². The maximum Gasteiger partial charge on any atom is 0.261 e. The van der Waals surface area contributed by atoms with Crippen LogP contribution in [0.15, 0.2) is 48.5 Å². The second kappa shape index (κ2) is 10.9. The summed E-state index contributed by atoms with van der Waals surface area (Å²) in [5.41, 5.74) is 1.31. The van der Waals surface area contributed by atoms with E-state index in [0.29, 0.717) is 29.1 Å². The monoisotopic (exact) mass is 441 g/mol. The van der Waals surface area contributed by atoms with Crippen molar-refractivity contribution in [3.05, 3.63) is 59.7 Å². The van der Waals surface area contributed by atoms with Crippen molar-refractivity contribution in [2.45, 2.75) is 38.9 Å². The van der Waals surface area contributed by atoms with E-state index in [1.165, 1.54) is 0 Å². The minimum absolute atomic E-state index is 0.0533. The first-order valence-electron chi connectivity index (χ1n) is 10.3. The molecule has 1 aliphatic rings. The molecule has 8 heteroatoms. The van der Waals surface area contributed by atoms with Gasteiger partial charge in [0.15, 0.2) is 5.11 Å². The summed E-state index contributed by atoms with van der Waals surface area (Å²) < 4.78 is 11.2. The largest absolute Gasteiger partial charge is 0.490 e. The zero-order valence-corrected chi connectivity index (χ0v) is 18.5. The topological polar surface area (TPSA) is 88.7 Å². The Kier molecular flexibility index (Phi) is 7.97. The number of anilines is 1. The molecular weight excluding hydrogens is 414 g/mol. The lowest BCUT2D eigenvalue weighted by molar-refractivity contribution is 0.0858. The predicted molar refractivity (Wildman–Crippen MR) is 124 cm³/mol. The maximum atomic E-state index is 12.7. The predicted octanol–water partition coefficient (Wildman–Crippen LogP) is 3.51. The van der Waals surface area contributed by atoms with Crippen molar-refractivity contribution in [1.82, 2.24) is 10.6 Å². The van der Waals surface area contributed by atoms with Crippen LogP contribution in [0.5, 0.6) is 5.75 Å². The second-order valence-corrected chi connectivity index (χ2v) is 7.87. The standard InChI is InChI=1S/C23H27N3O4S/c1-15(2)30-20-12-6-4-10-18(20)22(28)26-23(31)25-19-11-5-3-9-17(19)21(27)24-14-16-8-7-13-29-16/h3-6,9-12,15-16H,7-8,13-14H2,1-2H3,(H,24,27)(H2,25,26,28,31). The summed E-state index contributed by atoms with van der Waals surface area (Å²) in [6, 6.07) is 13.9. The van der Waals surface area contributed by atoms with Crippen molar-refractivity contribution < 1.29 is 19.1 Å². The molecule has 1 heterocycles. The first kappa shape index (κ1) is 22.7. The zero-order chi connectivity index (χ0) is 22.2. The van der Waals surface area contributed by atoms with Gasteiger partial charge in [0.05, 0.1) is 29.0 Å². The zero-order valence-electron chi connectivity index (χ0n) is 17.6. The molecule has 1 atom stereocenters. The van der Waals surface area contributed by atoms with Gasteiger partial charge in [-0.1, -0.05) is 24.3 Å². The van der Waals surface area contributed by atoms with Crippen molar-refractivity contribution in [3.63, 3.8) is 0 Å². The fourth-order valence-electron chi connectivity index (χ4n) is 3.23. The van der Waals surface area contributed by atoms with E-state index in [1.807, 2.05) is 13.8 Å². The lowest BCUT2D eigenvalue weighted by atomic mass is 10.1. The van der Waals surface area contributed by atoms with Crippen molar-refractivity contribution in [2.75, 3.05) is 18.5 Å². The molecule has 0 saturated carbocycles. The number of rotatable bonds is 7. The number of hydrogen-bond donors (Lipinski definition) is 3. The number of hydrogen-bond acceptors (Lipinski definition) is 5. The van der Waals surface area contributed by atoms with Gasteiger partial charge in [-0.2, -0.15) is 0 Å². The Labute approximate surface area is 187 Å². The van der Waals surface area contributed by atoms with Gasteiger partial charge in [0, 0.05) is 13.2 Å². The van der Waals surface area contributed by atoms with Gasteiger partial charge in [0.1, 0.15) is 5.75 Å². The van der Waals surface area contributed by atoms with E-state index < -0.39 is 5.91 Å². The summed E-state index contributed by atoms with van der Waals surface area (Å²) in [5, 5.41) is 8.58. The highest BCUT2D eigenvalue weighted by molar-refractivity contribution is 7.80. The van der Waals surface area contributed by atoms with Crippen molar-refractivity contribution in [1.29, 1.82) is 0 Å². The average Bonchev–Trinajstić information content (AvgIpc) is 3.26. The molecular formula is C23H27N3O4S. The number of benzene rings is 2. The van der Waals surface area contributed by atoms with Crippen LogP contribution in [0.2, 0.25) is 0 Å². The normalized spacial score (nSPS) is 15.4. The lowest BCUT2D eigenvalue weighted by Crippen LogP contribution is -2.36. The Morgan fingerprint density at radius 1 is 1.10 bits per heavy atom. The maximum absolute atomic E-state index is 12.7. The molecule has 164 valence electrons. The first-order chi connectivity index (χ1) is 14.9. The van der Waals surface area contributed by atoms with E-state index in [1.54, 1.807) is 48.5 Å². The molecule has 7 nitrogen and oxygen atoms in total. The van der Waals surface area contributed by atoms with Gasteiger partial charge in [0.2, 0.25) is 0 Å². The van der Waals surface area contributed by atoms with Gasteiger partial charge in [0.25, 0.3) is 11.8 Å². The molecule has 1 fully saturated rings. The molecule has 0 bridgehead atoms. The fraction of sp³-hybridized carbons (Fsp3) is 0.348. The molecule has 3 rings (SSSR count). The van der Waals surface area contributed by atoms with Crippen LogP contribution < -0.4 is 20.7 Å². The summed E-state index contributed by atoms with van der Waals surface area (Å²) >= 11 is 5.31. The Hall–Kier alpha value is -2.97. The van der Waals surface area contributed by atoms with E-state index in [-0.39, 0.29) is 23.2 Å². The number of carbonyl (C=O) groups is 2. The molecule has 2 aromatic rings. The van der Waals surface area contributed by atoms with Gasteiger partial charge in [-0.05, 0) is 63.2 Å². The van der Waals surface area contributed by atoms with E-state index in [9.17, 15) is 9.59 Å². The van der Waals surface area contributed by atoms with Crippen molar-refractivity contribution >= 4 is 34.8 Å². The lowest BCUT2D eigenvalue weighted by Gasteiger charge is -2.16. The second-order valence-electron chi connectivity index (χ2n) is 7.46. The van der Waals surface area contributed by atoms with Crippen LogP contribution in [0.3, 0.4) is 0 Å². The van der Waals surface area contributed by atoms with Crippen LogP contribution in [0, 0.1) is 0 Å². The Bertz CT molecular complexity index is 942. The quantitative estimate of drug-likeness (QED) is 0.570. The third-order valence-electron chi connectivity index (χ3n) is 4.66. The van der Waals surface area contributed by atoms with Gasteiger partial charge in [-0.3, -0.25) is 14.9 Å². The number of para-hydroxylation sites is 2. The summed E-state index contributed by atoms with van der Waals surface area (Å²) in [6.07, 6.45) is 1.94. The summed E-state index contributed by atoms with van der Waals surface area (Å²) in [5.74, 6) is -0.149. The van der Waals surface area contributed by atoms with Crippen LogP contribution >= 0.6 is 12.2 Å². The SMILES string of the molecule is CC(C)Oc1ccccc1C(=O)NC(=S)Nc1ccccc1C(=O)NCC1CCCO1. The molecule has 2 aromatic carbocycles. The number of thiocarbonyl (C=S) groups is 1. The number of nitrogens with one attached hydrogen (secondary N) is 3. The molecule has 31 heavy (non-hydrogen) atoms. The number of ether oxygens (including phenoxy) is 2. The molecule has 1 saturated heterocycles. The van der Waals surface area contributed by atoms with E-state index in [4.69, 9.17) is 21.7 Å². The van der Waals surface area contributed by atoms with E-state index >= 15 is 0 Å². The highest BCUT2D eigenvalue weighted by Crippen LogP contribution is 2.20. The molecule has 1 unspecified atom stereocenters. The molecule has 0 spiro atoms. The third-order valence-corrected chi connectivity index (χ3v) is 4.86. The Morgan fingerprint density at radius 3 is 2.52 bits per heavy atom. The molecule has 2 amide bonds. The average molecular weight is 442 g/mol. The highest BCUT2D eigenvalue weighted by Gasteiger charge is 2.19. The van der Waals surface area contributed by atoms with Crippen LogP contribution in [0.25, 0.3) is 0 Å². The molecule has 0 radical (unpaired) electrons. The summed E-state index contributed by atoms with van der Waals surface area (Å²) in [6.45, 7) is 4.97. The van der Waals surface area contributed by atoms with E-state index in [0.717, 1.165) is 19.4 Å². The van der Waals surface area contributed by atoms with Crippen molar-refractivity contribution in [3.8, 4) is 5.75 Å². The third kappa shape index (κ3) is 6.50. The minimum Gasteiger partial charge on any atom is -0.490 e. The number of carbonyl (C=O) groups excluding carboxylic acids is 2. The molecule has 3 N–H and O–H groups in total. The number of amides is 2. The Morgan fingerprint density at radius 2 is 1.81 bits per heavy atom. The molecule has 0 aliphatic carbocycles. The Balaban J connectivity index is 1.63. The molecule has 0 aromatic heterocycles. The summed E-state index contributed by atoms with van der Waals surface area (Å²) in [4.78, 5) is 25.3. The van der Waals surface area contributed by atoms with Crippen LogP contribution in [-0.2, 0) is 4.74 Å². The highest BCUT2D eigenvalue weighted by atomic mass is 32.1.